The highest BCUT2D eigenvalue weighted by Crippen LogP contribution is 2.26. The van der Waals surface area contributed by atoms with Crippen molar-refractivity contribution in [1.29, 1.82) is 0 Å². The van der Waals surface area contributed by atoms with Crippen LogP contribution in [0.4, 0.5) is 0 Å². The molecule has 0 aliphatic carbocycles. The maximum Gasteiger partial charge on any atom is 0.160 e. The lowest BCUT2D eigenvalue weighted by molar-refractivity contribution is 0.101. The fraction of sp³-hybridized carbons (Fsp3) is 0.167. The van der Waals surface area contributed by atoms with E-state index >= 15 is 0 Å². The Morgan fingerprint density at radius 3 is 2.80 bits per heavy atom. The van der Waals surface area contributed by atoms with Gasteiger partial charge < -0.3 is 0 Å². The number of thiazole rings is 1. The highest BCUT2D eigenvalue weighted by Gasteiger charge is 2.10. The van der Waals surface area contributed by atoms with Crippen LogP contribution in [0.3, 0.4) is 0 Å². The molecule has 0 atom stereocenters. The largest absolute Gasteiger partial charge is 0.294 e. The van der Waals surface area contributed by atoms with Crippen molar-refractivity contribution in [3.8, 4) is 10.6 Å². The molecule has 0 saturated carbocycles. The van der Waals surface area contributed by atoms with Gasteiger partial charge in [-0.1, -0.05) is 17.7 Å². The van der Waals surface area contributed by atoms with E-state index in [1.54, 1.807) is 24.5 Å². The Balaban J connectivity index is 2.61. The van der Waals surface area contributed by atoms with Crippen LogP contribution < -0.4 is 0 Å². The molecule has 0 amide bonds. The smallest absolute Gasteiger partial charge is 0.160 e. The molecule has 2 aromatic rings. The summed E-state index contributed by atoms with van der Waals surface area (Å²) in [5.74, 6) is 0.0869. The molecule has 0 saturated heterocycles. The third-order valence-electron chi connectivity index (χ3n) is 2.22. The molecule has 0 aliphatic heterocycles. The fourth-order valence-corrected chi connectivity index (χ4v) is 2.17. The van der Waals surface area contributed by atoms with Crippen LogP contribution in [-0.4, -0.2) is 10.8 Å². The number of hydrogen-bond acceptors (Lipinski definition) is 3. The molecule has 1 aromatic heterocycles. The molecule has 1 heterocycles. The van der Waals surface area contributed by atoms with Gasteiger partial charge in [0.05, 0.1) is 0 Å². The summed E-state index contributed by atoms with van der Waals surface area (Å²) in [4.78, 5) is 15.7. The van der Waals surface area contributed by atoms with Crippen molar-refractivity contribution in [3.63, 3.8) is 0 Å². The summed E-state index contributed by atoms with van der Waals surface area (Å²) in [6, 6.07) is 5.88. The Kier molecular flexibility index (Phi) is 2.64. The molecule has 0 spiro atoms. The van der Waals surface area contributed by atoms with Gasteiger partial charge in [0.15, 0.2) is 5.78 Å². The number of nitrogens with zero attached hydrogens (tertiary/aromatic N) is 1. The van der Waals surface area contributed by atoms with Crippen LogP contribution in [0.2, 0.25) is 0 Å². The summed E-state index contributed by atoms with van der Waals surface area (Å²) < 4.78 is 0. The highest BCUT2D eigenvalue weighted by molar-refractivity contribution is 7.13. The monoisotopic (exact) mass is 217 g/mol. The van der Waals surface area contributed by atoms with Crippen molar-refractivity contribution in [3.05, 3.63) is 40.9 Å². The Morgan fingerprint density at radius 2 is 2.20 bits per heavy atom. The van der Waals surface area contributed by atoms with E-state index < -0.39 is 0 Å². The second kappa shape index (κ2) is 3.95. The minimum Gasteiger partial charge on any atom is -0.294 e. The minimum atomic E-state index is 0.0869. The lowest BCUT2D eigenvalue weighted by Gasteiger charge is -2.04. The van der Waals surface area contributed by atoms with E-state index in [1.807, 2.05) is 30.5 Å². The minimum absolute atomic E-state index is 0.0869. The van der Waals surface area contributed by atoms with Gasteiger partial charge in [0, 0.05) is 22.7 Å². The molecular formula is C12H11NOS. The second-order valence-corrected chi connectivity index (χ2v) is 4.34. The predicted octanol–water partition coefficient (Wildman–Crippen LogP) is 3.32. The Labute approximate surface area is 92.6 Å². The molecule has 2 rings (SSSR count). The first-order valence-electron chi connectivity index (χ1n) is 4.70. The number of ketones is 1. The van der Waals surface area contributed by atoms with Crippen molar-refractivity contribution in [2.24, 2.45) is 0 Å². The summed E-state index contributed by atoms with van der Waals surface area (Å²) in [7, 11) is 0. The summed E-state index contributed by atoms with van der Waals surface area (Å²) in [6.45, 7) is 3.57. The van der Waals surface area contributed by atoms with E-state index in [4.69, 9.17) is 0 Å². The average Bonchev–Trinajstić information content (AvgIpc) is 2.70. The first-order valence-corrected chi connectivity index (χ1v) is 5.58. The zero-order valence-corrected chi connectivity index (χ0v) is 9.47. The van der Waals surface area contributed by atoms with Crippen molar-refractivity contribution in [2.75, 3.05) is 0 Å². The first-order chi connectivity index (χ1) is 7.18. The van der Waals surface area contributed by atoms with Crippen LogP contribution in [0.25, 0.3) is 10.6 Å². The number of hydrogen-bond donors (Lipinski definition) is 0. The molecule has 0 radical (unpaired) electrons. The fourth-order valence-electron chi connectivity index (χ4n) is 1.49. The van der Waals surface area contributed by atoms with Crippen LogP contribution in [0.1, 0.15) is 22.8 Å². The predicted molar refractivity (Wildman–Crippen MR) is 62.3 cm³/mol. The molecular weight excluding hydrogens is 206 g/mol. The van der Waals surface area contributed by atoms with Crippen molar-refractivity contribution < 1.29 is 4.79 Å². The van der Waals surface area contributed by atoms with Crippen LogP contribution in [0.15, 0.2) is 29.8 Å². The van der Waals surface area contributed by atoms with E-state index in [-0.39, 0.29) is 5.78 Å². The molecule has 0 fully saturated rings. The Morgan fingerprint density at radius 1 is 1.40 bits per heavy atom. The van der Waals surface area contributed by atoms with Gasteiger partial charge >= 0.3 is 0 Å². The van der Waals surface area contributed by atoms with Crippen LogP contribution >= 0.6 is 11.3 Å². The number of carbonyl (C=O) groups excluding carboxylic acids is 1. The van der Waals surface area contributed by atoms with Gasteiger partial charge in [0.1, 0.15) is 5.01 Å². The number of Topliss-reactive ketones (excluding diaryl/α,β-unsaturated/α-hetero) is 1. The number of aryl methyl sites for hydroxylation is 1. The first kappa shape index (κ1) is 10.1. The van der Waals surface area contributed by atoms with Gasteiger partial charge in [-0.3, -0.25) is 4.79 Å². The SMILES string of the molecule is CC(=O)c1cc(C)ccc1-c1nccs1. The molecule has 1 aromatic carbocycles. The molecule has 76 valence electrons. The van der Waals surface area contributed by atoms with Gasteiger partial charge in [0.2, 0.25) is 0 Å². The van der Waals surface area contributed by atoms with Gasteiger partial charge in [-0.15, -0.1) is 11.3 Å². The lowest BCUT2D eigenvalue weighted by Crippen LogP contribution is -1.96. The third kappa shape index (κ3) is 1.97. The summed E-state index contributed by atoms with van der Waals surface area (Å²) in [5, 5.41) is 2.82. The number of benzene rings is 1. The van der Waals surface area contributed by atoms with Crippen molar-refractivity contribution >= 4 is 17.1 Å². The van der Waals surface area contributed by atoms with E-state index in [9.17, 15) is 4.79 Å². The normalized spacial score (nSPS) is 10.3. The second-order valence-electron chi connectivity index (χ2n) is 3.44. The zero-order valence-electron chi connectivity index (χ0n) is 8.65. The molecule has 3 heteroatoms. The van der Waals surface area contributed by atoms with E-state index in [2.05, 4.69) is 4.98 Å². The summed E-state index contributed by atoms with van der Waals surface area (Å²) >= 11 is 1.55. The van der Waals surface area contributed by atoms with Gasteiger partial charge in [0.25, 0.3) is 0 Å². The van der Waals surface area contributed by atoms with E-state index in [0.717, 1.165) is 21.7 Å². The Bertz CT molecular complexity index is 488. The molecule has 0 unspecified atom stereocenters. The highest BCUT2D eigenvalue weighted by atomic mass is 32.1. The van der Waals surface area contributed by atoms with Crippen LogP contribution in [0.5, 0.6) is 0 Å². The number of aromatic nitrogens is 1. The molecule has 15 heavy (non-hydrogen) atoms. The maximum absolute atomic E-state index is 11.5. The lowest BCUT2D eigenvalue weighted by atomic mass is 10.0. The molecule has 2 nitrogen and oxygen atoms in total. The summed E-state index contributed by atoms with van der Waals surface area (Å²) in [6.07, 6.45) is 1.75. The quantitative estimate of drug-likeness (QED) is 0.722. The van der Waals surface area contributed by atoms with Crippen molar-refractivity contribution in [1.82, 2.24) is 4.98 Å². The van der Waals surface area contributed by atoms with Crippen molar-refractivity contribution in [2.45, 2.75) is 13.8 Å². The van der Waals surface area contributed by atoms with E-state index in [0.29, 0.717) is 0 Å². The number of rotatable bonds is 2. The van der Waals surface area contributed by atoms with Gasteiger partial charge in [-0.2, -0.15) is 0 Å². The maximum atomic E-state index is 11.5. The Hall–Kier alpha value is -1.48. The summed E-state index contributed by atoms with van der Waals surface area (Å²) in [5.41, 5.74) is 2.79. The standard InChI is InChI=1S/C12H11NOS/c1-8-3-4-10(11(7-8)9(2)14)12-13-5-6-15-12/h3-7H,1-2H3. The molecule has 0 N–H and O–H groups in total. The molecule has 0 bridgehead atoms. The zero-order chi connectivity index (χ0) is 10.8. The number of carbonyl (C=O) groups is 1. The van der Waals surface area contributed by atoms with Gasteiger partial charge in [-0.05, 0) is 19.9 Å². The third-order valence-corrected chi connectivity index (χ3v) is 3.02. The topological polar surface area (TPSA) is 30.0 Å². The molecule has 0 aliphatic rings. The van der Waals surface area contributed by atoms with Crippen LogP contribution in [-0.2, 0) is 0 Å². The van der Waals surface area contributed by atoms with Gasteiger partial charge in [-0.25, -0.2) is 4.98 Å². The average molecular weight is 217 g/mol. The van der Waals surface area contributed by atoms with E-state index in [1.165, 1.54) is 0 Å². The van der Waals surface area contributed by atoms with Crippen LogP contribution in [0, 0.1) is 6.92 Å².